The molecule has 104 valence electrons. The fourth-order valence-corrected chi connectivity index (χ4v) is 3.81. The van der Waals surface area contributed by atoms with Crippen LogP contribution in [-0.2, 0) is 6.54 Å². The van der Waals surface area contributed by atoms with E-state index in [0.717, 1.165) is 36.8 Å². The third kappa shape index (κ3) is 2.58. The van der Waals surface area contributed by atoms with Crippen molar-refractivity contribution in [2.45, 2.75) is 37.6 Å². The largest absolute Gasteiger partial charge is 0.296 e. The molecular formula is C14H17N5S. The van der Waals surface area contributed by atoms with E-state index in [1.807, 2.05) is 6.20 Å². The molecule has 0 bridgehead atoms. The van der Waals surface area contributed by atoms with Gasteiger partial charge in [-0.1, -0.05) is 11.3 Å². The van der Waals surface area contributed by atoms with E-state index in [0.29, 0.717) is 11.8 Å². The average Bonchev–Trinajstić information content (AvgIpc) is 3.06. The van der Waals surface area contributed by atoms with E-state index in [4.69, 9.17) is 0 Å². The van der Waals surface area contributed by atoms with Crippen molar-refractivity contribution in [2.75, 3.05) is 13.1 Å². The Morgan fingerprint density at radius 2 is 2.10 bits per heavy atom. The Morgan fingerprint density at radius 3 is 2.90 bits per heavy atom. The molecule has 4 rings (SSSR count). The summed E-state index contributed by atoms with van der Waals surface area (Å²) in [6, 6.07) is 0. The Labute approximate surface area is 122 Å². The minimum Gasteiger partial charge on any atom is -0.296 e. The van der Waals surface area contributed by atoms with Crippen molar-refractivity contribution in [1.29, 1.82) is 0 Å². The van der Waals surface area contributed by atoms with E-state index < -0.39 is 0 Å². The molecule has 2 fully saturated rings. The second-order valence-electron chi connectivity index (χ2n) is 5.66. The van der Waals surface area contributed by atoms with Crippen molar-refractivity contribution in [3.63, 3.8) is 0 Å². The Morgan fingerprint density at radius 1 is 1.15 bits per heavy atom. The lowest BCUT2D eigenvalue weighted by Gasteiger charge is -2.13. The Balaban J connectivity index is 1.38. The predicted molar refractivity (Wildman–Crippen MR) is 76.6 cm³/mol. The highest BCUT2D eigenvalue weighted by Gasteiger charge is 2.29. The molecule has 5 nitrogen and oxygen atoms in total. The molecule has 1 atom stereocenters. The van der Waals surface area contributed by atoms with Crippen LogP contribution in [0.5, 0.6) is 0 Å². The van der Waals surface area contributed by atoms with Gasteiger partial charge < -0.3 is 0 Å². The first kappa shape index (κ1) is 12.3. The summed E-state index contributed by atoms with van der Waals surface area (Å²) in [5.41, 5.74) is 1.12. The van der Waals surface area contributed by atoms with Gasteiger partial charge in [0.1, 0.15) is 10.0 Å². The van der Waals surface area contributed by atoms with Gasteiger partial charge in [0.05, 0.1) is 12.2 Å². The molecule has 1 unspecified atom stereocenters. The summed E-state index contributed by atoms with van der Waals surface area (Å²) in [5.74, 6) is 1.23. The zero-order chi connectivity index (χ0) is 13.4. The number of nitrogens with zero attached hydrogens (tertiary/aromatic N) is 5. The van der Waals surface area contributed by atoms with E-state index >= 15 is 0 Å². The highest BCUT2D eigenvalue weighted by atomic mass is 32.1. The van der Waals surface area contributed by atoms with Crippen LogP contribution in [-0.4, -0.2) is 38.2 Å². The minimum absolute atomic E-state index is 0.513. The van der Waals surface area contributed by atoms with Gasteiger partial charge in [0, 0.05) is 37.0 Å². The Kier molecular flexibility index (Phi) is 3.20. The zero-order valence-corrected chi connectivity index (χ0v) is 12.1. The highest BCUT2D eigenvalue weighted by Crippen LogP contribution is 2.41. The van der Waals surface area contributed by atoms with Crippen LogP contribution in [0, 0.1) is 0 Å². The molecule has 1 saturated heterocycles. The number of aromatic nitrogens is 4. The minimum atomic E-state index is 0.513. The van der Waals surface area contributed by atoms with Crippen LogP contribution < -0.4 is 0 Å². The standard InChI is InChI=1S/C14H17N5S/c1-2-10(1)14-18-17-13(20-14)9-19-6-3-11(8-19)12-7-15-4-5-16-12/h4-5,7,10-11H,1-3,6,8-9H2. The summed E-state index contributed by atoms with van der Waals surface area (Å²) in [6.45, 7) is 3.10. The molecule has 3 heterocycles. The Hall–Kier alpha value is -1.40. The lowest BCUT2D eigenvalue weighted by Crippen LogP contribution is -2.19. The second-order valence-corrected chi connectivity index (χ2v) is 6.75. The summed E-state index contributed by atoms with van der Waals surface area (Å²) in [5, 5.41) is 11.1. The van der Waals surface area contributed by atoms with Gasteiger partial charge in [-0.3, -0.25) is 14.9 Å². The smallest absolute Gasteiger partial charge is 0.131 e. The summed E-state index contributed by atoms with van der Waals surface area (Å²) in [6.07, 6.45) is 9.17. The molecule has 2 aromatic heterocycles. The van der Waals surface area contributed by atoms with E-state index in [-0.39, 0.29) is 0 Å². The number of rotatable bonds is 4. The van der Waals surface area contributed by atoms with Gasteiger partial charge >= 0.3 is 0 Å². The summed E-state index contributed by atoms with van der Waals surface area (Å²) < 4.78 is 0. The maximum Gasteiger partial charge on any atom is 0.131 e. The average molecular weight is 287 g/mol. The molecule has 2 aromatic rings. The van der Waals surface area contributed by atoms with Crippen LogP contribution in [0.15, 0.2) is 18.6 Å². The van der Waals surface area contributed by atoms with Crippen LogP contribution in [0.2, 0.25) is 0 Å². The van der Waals surface area contributed by atoms with Crippen molar-refractivity contribution in [3.8, 4) is 0 Å². The third-order valence-electron chi connectivity index (χ3n) is 4.04. The summed E-state index contributed by atoms with van der Waals surface area (Å²) in [7, 11) is 0. The normalized spacial score (nSPS) is 23.3. The molecule has 6 heteroatoms. The number of hydrogen-bond donors (Lipinski definition) is 0. The quantitative estimate of drug-likeness (QED) is 0.863. The van der Waals surface area contributed by atoms with Crippen LogP contribution in [0.4, 0.5) is 0 Å². The second kappa shape index (κ2) is 5.18. The lowest BCUT2D eigenvalue weighted by atomic mass is 10.1. The van der Waals surface area contributed by atoms with Gasteiger partial charge in [-0.05, 0) is 25.8 Å². The topological polar surface area (TPSA) is 54.8 Å². The molecular weight excluding hydrogens is 270 g/mol. The van der Waals surface area contributed by atoms with Gasteiger partial charge in [0.25, 0.3) is 0 Å². The van der Waals surface area contributed by atoms with Gasteiger partial charge in [-0.25, -0.2) is 0 Å². The molecule has 0 spiro atoms. The Bertz CT molecular complexity index is 580. The van der Waals surface area contributed by atoms with Crippen molar-refractivity contribution in [2.24, 2.45) is 0 Å². The van der Waals surface area contributed by atoms with Crippen LogP contribution >= 0.6 is 11.3 Å². The van der Waals surface area contributed by atoms with Gasteiger partial charge in [0.2, 0.25) is 0 Å². The third-order valence-corrected chi connectivity index (χ3v) is 5.11. The predicted octanol–water partition coefficient (Wildman–Crippen LogP) is 2.20. The molecule has 0 radical (unpaired) electrons. The van der Waals surface area contributed by atoms with Gasteiger partial charge in [-0.15, -0.1) is 10.2 Å². The zero-order valence-electron chi connectivity index (χ0n) is 11.3. The van der Waals surface area contributed by atoms with Crippen molar-refractivity contribution < 1.29 is 0 Å². The molecule has 2 aliphatic rings. The molecule has 0 N–H and O–H groups in total. The van der Waals surface area contributed by atoms with Crippen LogP contribution in [0.25, 0.3) is 0 Å². The fourth-order valence-electron chi connectivity index (χ4n) is 2.76. The van der Waals surface area contributed by atoms with Gasteiger partial charge in [-0.2, -0.15) is 0 Å². The highest BCUT2D eigenvalue weighted by molar-refractivity contribution is 7.11. The maximum absolute atomic E-state index is 4.42. The lowest BCUT2D eigenvalue weighted by molar-refractivity contribution is 0.325. The van der Waals surface area contributed by atoms with Crippen molar-refractivity contribution in [3.05, 3.63) is 34.3 Å². The van der Waals surface area contributed by atoms with E-state index in [9.17, 15) is 0 Å². The number of likely N-dealkylation sites (tertiary alicyclic amines) is 1. The van der Waals surface area contributed by atoms with Gasteiger partial charge in [0.15, 0.2) is 0 Å². The van der Waals surface area contributed by atoms with Crippen molar-refractivity contribution >= 4 is 11.3 Å². The van der Waals surface area contributed by atoms with E-state index in [1.165, 1.54) is 17.8 Å². The molecule has 0 aromatic carbocycles. The first-order valence-electron chi connectivity index (χ1n) is 7.19. The number of hydrogen-bond acceptors (Lipinski definition) is 6. The van der Waals surface area contributed by atoms with E-state index in [1.54, 1.807) is 23.7 Å². The first-order valence-corrected chi connectivity index (χ1v) is 8.00. The summed E-state index contributed by atoms with van der Waals surface area (Å²) in [4.78, 5) is 11.0. The molecule has 1 aliphatic heterocycles. The first-order chi connectivity index (χ1) is 9.88. The molecule has 0 amide bonds. The molecule has 1 aliphatic carbocycles. The monoisotopic (exact) mass is 287 g/mol. The maximum atomic E-state index is 4.42. The molecule has 1 saturated carbocycles. The summed E-state index contributed by atoms with van der Waals surface area (Å²) >= 11 is 1.80. The SMILES string of the molecule is c1cnc(C2CCN(Cc3nnc(C4CC4)s3)C2)cn1. The fraction of sp³-hybridized carbons (Fsp3) is 0.571. The van der Waals surface area contributed by atoms with Crippen LogP contribution in [0.1, 0.15) is 46.8 Å². The van der Waals surface area contributed by atoms with Crippen LogP contribution in [0.3, 0.4) is 0 Å². The van der Waals surface area contributed by atoms with Crippen molar-refractivity contribution in [1.82, 2.24) is 25.1 Å². The molecule has 20 heavy (non-hydrogen) atoms. The van der Waals surface area contributed by atoms with E-state index in [2.05, 4.69) is 25.1 Å².